The second-order valence-electron chi connectivity index (χ2n) is 6.07. The van der Waals surface area contributed by atoms with E-state index in [4.69, 9.17) is 10.4 Å². The molecule has 3 aromatic rings. The number of fused-ring (bicyclic) bond motifs is 1. The number of benzene rings is 1. The van der Waals surface area contributed by atoms with Crippen molar-refractivity contribution in [2.24, 2.45) is 5.41 Å². The van der Waals surface area contributed by atoms with Crippen LogP contribution in [0.15, 0.2) is 28.9 Å². The fourth-order valence-electron chi connectivity index (χ4n) is 2.24. The van der Waals surface area contributed by atoms with Gasteiger partial charge in [0.15, 0.2) is 17.3 Å². The molecule has 0 saturated heterocycles. The highest BCUT2D eigenvalue weighted by molar-refractivity contribution is 5.81. The van der Waals surface area contributed by atoms with Crippen molar-refractivity contribution in [2.75, 3.05) is 5.73 Å². The number of anilines is 1. The molecule has 0 fully saturated rings. The zero-order chi connectivity index (χ0) is 14.3. The van der Waals surface area contributed by atoms with Gasteiger partial charge in [0.05, 0.1) is 11.0 Å². The van der Waals surface area contributed by atoms with Crippen LogP contribution in [0.5, 0.6) is 0 Å². The first-order valence-corrected chi connectivity index (χ1v) is 6.49. The standard InChI is InChI=1S/C14H17N5O/c1-14(2,3)8-19-10-7-5-4-6-9(10)16-13(19)11-12(15)18-20-17-11/h4-7H,8H2,1-3H3,(H2,15,18). The van der Waals surface area contributed by atoms with Crippen molar-refractivity contribution in [2.45, 2.75) is 27.3 Å². The molecule has 2 aromatic heterocycles. The van der Waals surface area contributed by atoms with Crippen molar-refractivity contribution < 1.29 is 4.63 Å². The second-order valence-corrected chi connectivity index (χ2v) is 6.07. The average Bonchev–Trinajstić information content (AvgIpc) is 2.92. The van der Waals surface area contributed by atoms with Crippen molar-refractivity contribution in [3.05, 3.63) is 24.3 Å². The van der Waals surface area contributed by atoms with Gasteiger partial charge in [0.2, 0.25) is 0 Å². The smallest absolute Gasteiger partial charge is 0.199 e. The van der Waals surface area contributed by atoms with E-state index in [0.717, 1.165) is 17.6 Å². The van der Waals surface area contributed by atoms with Crippen molar-refractivity contribution in [1.29, 1.82) is 0 Å². The van der Waals surface area contributed by atoms with Crippen LogP contribution in [0.4, 0.5) is 5.82 Å². The summed E-state index contributed by atoms with van der Waals surface area (Å²) in [6.45, 7) is 7.33. The van der Waals surface area contributed by atoms with Gasteiger partial charge in [-0.1, -0.05) is 32.9 Å². The first-order valence-electron chi connectivity index (χ1n) is 6.49. The van der Waals surface area contributed by atoms with E-state index in [9.17, 15) is 0 Å². The summed E-state index contributed by atoms with van der Waals surface area (Å²) in [4.78, 5) is 4.62. The van der Waals surface area contributed by atoms with Gasteiger partial charge >= 0.3 is 0 Å². The van der Waals surface area contributed by atoms with Crippen LogP contribution in [-0.4, -0.2) is 19.9 Å². The molecule has 2 N–H and O–H groups in total. The Morgan fingerprint density at radius 2 is 1.95 bits per heavy atom. The summed E-state index contributed by atoms with van der Waals surface area (Å²) < 4.78 is 6.82. The molecule has 0 bridgehead atoms. The van der Waals surface area contributed by atoms with Gasteiger partial charge in [-0.15, -0.1) is 0 Å². The van der Waals surface area contributed by atoms with Gasteiger partial charge in [0, 0.05) is 6.54 Å². The number of nitrogens with zero attached hydrogens (tertiary/aromatic N) is 4. The predicted octanol–water partition coefficient (Wildman–Crippen LogP) is 2.71. The monoisotopic (exact) mass is 271 g/mol. The molecule has 0 unspecified atom stereocenters. The molecule has 104 valence electrons. The van der Waals surface area contributed by atoms with Gasteiger partial charge in [0.25, 0.3) is 0 Å². The van der Waals surface area contributed by atoms with E-state index in [1.165, 1.54) is 0 Å². The largest absolute Gasteiger partial charge is 0.379 e. The molecule has 0 saturated carbocycles. The molecule has 0 spiro atoms. The van der Waals surface area contributed by atoms with Gasteiger partial charge in [0.1, 0.15) is 0 Å². The van der Waals surface area contributed by atoms with Crippen molar-refractivity contribution in [1.82, 2.24) is 19.9 Å². The SMILES string of the molecule is CC(C)(C)Cn1c(-c2nonc2N)nc2ccccc21. The van der Waals surface area contributed by atoms with E-state index in [-0.39, 0.29) is 11.2 Å². The fraction of sp³-hybridized carbons (Fsp3) is 0.357. The van der Waals surface area contributed by atoms with E-state index in [0.29, 0.717) is 11.5 Å². The molecule has 1 aromatic carbocycles. The first-order chi connectivity index (χ1) is 9.46. The lowest BCUT2D eigenvalue weighted by atomic mass is 9.96. The lowest BCUT2D eigenvalue weighted by molar-refractivity contribution is 0.309. The van der Waals surface area contributed by atoms with E-state index in [1.807, 2.05) is 24.3 Å². The molecule has 2 heterocycles. The molecule has 3 rings (SSSR count). The maximum atomic E-state index is 5.81. The van der Waals surface area contributed by atoms with Crippen LogP contribution in [0.2, 0.25) is 0 Å². The molecule has 0 aliphatic heterocycles. The summed E-state index contributed by atoms with van der Waals surface area (Å²) in [7, 11) is 0. The molecule has 0 atom stereocenters. The van der Waals surface area contributed by atoms with Gasteiger partial charge < -0.3 is 10.3 Å². The van der Waals surface area contributed by atoms with Crippen LogP contribution >= 0.6 is 0 Å². The number of hydrogen-bond donors (Lipinski definition) is 1. The van der Waals surface area contributed by atoms with Gasteiger partial charge in [-0.25, -0.2) is 9.61 Å². The number of para-hydroxylation sites is 2. The summed E-state index contributed by atoms with van der Waals surface area (Å²) in [5.41, 5.74) is 8.37. The maximum absolute atomic E-state index is 5.81. The Morgan fingerprint density at radius 1 is 1.20 bits per heavy atom. The Hall–Kier alpha value is -2.37. The van der Waals surface area contributed by atoms with E-state index in [2.05, 4.69) is 40.6 Å². The molecular weight excluding hydrogens is 254 g/mol. The van der Waals surface area contributed by atoms with Gasteiger partial charge in [-0.3, -0.25) is 0 Å². The first kappa shape index (κ1) is 12.7. The Labute approximate surface area is 116 Å². The lowest BCUT2D eigenvalue weighted by Gasteiger charge is -2.20. The highest BCUT2D eigenvalue weighted by Crippen LogP contribution is 2.29. The molecule has 0 radical (unpaired) electrons. The number of rotatable bonds is 2. The highest BCUT2D eigenvalue weighted by atomic mass is 16.6. The molecule has 0 amide bonds. The van der Waals surface area contributed by atoms with Crippen LogP contribution in [0.1, 0.15) is 20.8 Å². The van der Waals surface area contributed by atoms with Gasteiger partial charge in [-0.2, -0.15) is 0 Å². The van der Waals surface area contributed by atoms with Crippen LogP contribution in [0.25, 0.3) is 22.6 Å². The summed E-state index contributed by atoms with van der Waals surface area (Å²) >= 11 is 0. The minimum atomic E-state index is 0.101. The number of hydrogen-bond acceptors (Lipinski definition) is 5. The summed E-state index contributed by atoms with van der Waals surface area (Å²) in [5, 5.41) is 7.52. The Morgan fingerprint density at radius 3 is 2.60 bits per heavy atom. The van der Waals surface area contributed by atoms with Crippen molar-refractivity contribution >= 4 is 16.9 Å². The van der Waals surface area contributed by atoms with E-state index < -0.39 is 0 Å². The highest BCUT2D eigenvalue weighted by Gasteiger charge is 2.22. The molecule has 6 heteroatoms. The Balaban J connectivity index is 2.25. The van der Waals surface area contributed by atoms with Crippen LogP contribution in [0, 0.1) is 5.41 Å². The van der Waals surface area contributed by atoms with Gasteiger partial charge in [-0.05, 0) is 27.9 Å². The zero-order valence-corrected chi connectivity index (χ0v) is 11.8. The minimum Gasteiger partial charge on any atom is -0.379 e. The third-order valence-electron chi connectivity index (χ3n) is 3.01. The topological polar surface area (TPSA) is 82.8 Å². The summed E-state index contributed by atoms with van der Waals surface area (Å²) in [6.07, 6.45) is 0. The minimum absolute atomic E-state index is 0.101. The number of aromatic nitrogens is 4. The molecular formula is C14H17N5O. The number of nitrogen functional groups attached to an aromatic ring is 1. The Bertz CT molecular complexity index is 750. The number of imidazole rings is 1. The van der Waals surface area contributed by atoms with Crippen LogP contribution in [0.3, 0.4) is 0 Å². The lowest BCUT2D eigenvalue weighted by Crippen LogP contribution is -2.16. The molecule has 0 aliphatic rings. The third kappa shape index (κ3) is 2.13. The quantitative estimate of drug-likeness (QED) is 0.774. The maximum Gasteiger partial charge on any atom is 0.199 e. The molecule has 0 aliphatic carbocycles. The second kappa shape index (κ2) is 4.33. The molecule has 6 nitrogen and oxygen atoms in total. The normalized spacial score (nSPS) is 12.2. The van der Waals surface area contributed by atoms with Crippen molar-refractivity contribution in [3.63, 3.8) is 0 Å². The number of nitrogens with two attached hydrogens (primary N) is 1. The average molecular weight is 271 g/mol. The van der Waals surface area contributed by atoms with Crippen molar-refractivity contribution in [3.8, 4) is 11.5 Å². The zero-order valence-electron chi connectivity index (χ0n) is 11.8. The Kier molecular flexibility index (Phi) is 2.74. The van der Waals surface area contributed by atoms with Crippen LogP contribution < -0.4 is 5.73 Å². The van der Waals surface area contributed by atoms with E-state index >= 15 is 0 Å². The van der Waals surface area contributed by atoms with E-state index in [1.54, 1.807) is 0 Å². The summed E-state index contributed by atoms with van der Waals surface area (Å²) in [6, 6.07) is 7.98. The third-order valence-corrected chi connectivity index (χ3v) is 3.01. The molecule has 20 heavy (non-hydrogen) atoms. The fourth-order valence-corrected chi connectivity index (χ4v) is 2.24. The van der Waals surface area contributed by atoms with Crippen LogP contribution in [-0.2, 0) is 6.54 Å². The predicted molar refractivity (Wildman–Crippen MR) is 76.9 cm³/mol. The summed E-state index contributed by atoms with van der Waals surface area (Å²) in [5.74, 6) is 0.954.